The summed E-state index contributed by atoms with van der Waals surface area (Å²) in [5, 5.41) is 49.1. The fourth-order valence-corrected chi connectivity index (χ4v) is 9.79. The SMILES string of the molecule is CC[C@H](C)[C@H](NC(=O)CNC(=O)[C@@H](N)CCSC)C(=O)N[C@@H](C)C(=O)N[C@@H](CCCCN)C(=O)N[C@@H](CC(N)=O)C(=O)N[C@@H](CC(C)C)C(=O)N[C@@H](CCCN=C(N)N)C(=O)NCC(=O)N[C@@H](CS)C(=O)NCC(=O)N[C@@H](CC(C)C)C(=O)N[C@@H](Cc1ccc(O)cc1)C(=O)O. The molecule has 34 nitrogen and oxygen atoms in total. The molecule has 0 bridgehead atoms. The minimum Gasteiger partial charge on any atom is -0.508 e. The van der Waals surface area contributed by atoms with Crippen molar-refractivity contribution in [2.45, 2.75) is 180 Å². The van der Waals surface area contributed by atoms with E-state index in [1.807, 2.05) is 6.26 Å². The lowest BCUT2D eigenvalue weighted by Crippen LogP contribution is -2.60. The van der Waals surface area contributed by atoms with Gasteiger partial charge in [-0.15, -0.1) is 0 Å². The van der Waals surface area contributed by atoms with E-state index in [-0.39, 0.29) is 87.3 Å². The highest BCUT2D eigenvalue weighted by molar-refractivity contribution is 7.98. The maximum Gasteiger partial charge on any atom is 0.326 e. The minimum absolute atomic E-state index is 0.0171. The number of thiol groups is 1. The van der Waals surface area contributed by atoms with Gasteiger partial charge in [-0.1, -0.05) is 60.1 Å². The summed E-state index contributed by atoms with van der Waals surface area (Å²) in [5.74, 6) is -13.6. The van der Waals surface area contributed by atoms with Crippen molar-refractivity contribution < 1.29 is 77.3 Å². The summed E-state index contributed by atoms with van der Waals surface area (Å²) >= 11 is 5.65. The van der Waals surface area contributed by atoms with E-state index < -0.39 is 175 Å². The third-order valence-corrected chi connectivity index (χ3v) is 15.5. The Labute approximate surface area is 568 Å². The van der Waals surface area contributed by atoms with Crippen LogP contribution < -0.4 is 92.5 Å². The van der Waals surface area contributed by atoms with E-state index >= 15 is 0 Å². The molecule has 0 spiro atoms. The number of carbonyl (C=O) groups excluding carboxylic acids is 13. The smallest absolute Gasteiger partial charge is 0.326 e. The van der Waals surface area contributed by atoms with E-state index in [1.165, 1.54) is 43.0 Å². The molecule has 96 heavy (non-hydrogen) atoms. The molecular formula is C60H102N18O16S2. The van der Waals surface area contributed by atoms with Crippen LogP contribution in [0.4, 0.5) is 0 Å². The first-order valence-corrected chi connectivity index (χ1v) is 33.6. The lowest BCUT2D eigenvalue weighted by Gasteiger charge is -2.28. The molecule has 11 atom stereocenters. The quantitative estimate of drug-likeness (QED) is 0.0126. The maximum absolute atomic E-state index is 14.2. The van der Waals surface area contributed by atoms with Gasteiger partial charge in [0, 0.05) is 18.7 Å². The maximum atomic E-state index is 14.2. The van der Waals surface area contributed by atoms with Crippen LogP contribution in [0.2, 0.25) is 0 Å². The number of aromatic hydroxyl groups is 1. The lowest BCUT2D eigenvalue weighted by molar-refractivity contribution is -0.142. The number of phenols is 1. The predicted molar refractivity (Wildman–Crippen MR) is 361 cm³/mol. The average Bonchev–Trinajstić information content (AvgIpc) is 0.976. The third kappa shape index (κ3) is 34.8. The molecule has 13 amide bonds. The number of primary amides is 1. The number of aliphatic carboxylic acids is 1. The second kappa shape index (κ2) is 45.8. The fourth-order valence-electron chi connectivity index (χ4n) is 9.04. The Morgan fingerprint density at radius 1 is 0.542 bits per heavy atom. The number of thioether (sulfide) groups is 1. The first kappa shape index (κ1) is 85.5. The fraction of sp³-hybridized carbons (Fsp3) is 0.650. The van der Waals surface area contributed by atoms with Crippen LogP contribution in [0.25, 0.3) is 0 Å². The number of guanidine groups is 1. The van der Waals surface area contributed by atoms with Crippen LogP contribution in [0.1, 0.15) is 118 Å². The zero-order chi connectivity index (χ0) is 72.8. The second-order valence-electron chi connectivity index (χ2n) is 23.8. The van der Waals surface area contributed by atoms with E-state index in [9.17, 15) is 77.3 Å². The van der Waals surface area contributed by atoms with Crippen LogP contribution in [0.3, 0.4) is 0 Å². The monoisotopic (exact) mass is 1390 g/mol. The summed E-state index contributed by atoms with van der Waals surface area (Å²) in [6.07, 6.45) is 2.27. The van der Waals surface area contributed by atoms with Gasteiger partial charge in [0.25, 0.3) is 0 Å². The van der Waals surface area contributed by atoms with Crippen LogP contribution in [0.15, 0.2) is 29.3 Å². The molecule has 1 rings (SSSR count). The Morgan fingerprint density at radius 2 is 1.00 bits per heavy atom. The highest BCUT2D eigenvalue weighted by Gasteiger charge is 2.35. The third-order valence-electron chi connectivity index (χ3n) is 14.5. The summed E-state index contributed by atoms with van der Waals surface area (Å²) in [6.45, 7) is 9.98. The van der Waals surface area contributed by atoms with Gasteiger partial charge >= 0.3 is 5.97 Å². The zero-order valence-corrected chi connectivity index (χ0v) is 57.6. The number of aliphatic imine (C=N–C) groups is 1. The highest BCUT2D eigenvalue weighted by Crippen LogP contribution is 2.15. The van der Waals surface area contributed by atoms with Crippen LogP contribution in [-0.2, 0) is 73.5 Å². The Balaban J connectivity index is 3.25. The lowest BCUT2D eigenvalue weighted by atomic mass is 9.98. The zero-order valence-electron chi connectivity index (χ0n) is 55.8. The van der Waals surface area contributed by atoms with Crippen molar-refractivity contribution in [3.63, 3.8) is 0 Å². The molecule has 1 aromatic rings. The number of rotatable bonds is 47. The van der Waals surface area contributed by atoms with Gasteiger partial charge in [-0.3, -0.25) is 67.3 Å². The van der Waals surface area contributed by atoms with E-state index in [1.54, 1.807) is 41.5 Å². The number of amides is 13. The van der Waals surface area contributed by atoms with Gasteiger partial charge in [-0.2, -0.15) is 24.4 Å². The summed E-state index contributed by atoms with van der Waals surface area (Å²) in [7, 11) is 0. The number of unbranched alkanes of at least 4 members (excludes halogenated alkanes) is 1. The van der Waals surface area contributed by atoms with E-state index in [4.69, 9.17) is 28.7 Å². The first-order valence-electron chi connectivity index (χ1n) is 31.6. The Bertz CT molecular complexity index is 2800. The summed E-state index contributed by atoms with van der Waals surface area (Å²) in [4.78, 5) is 190. The van der Waals surface area contributed by atoms with Gasteiger partial charge in [-0.25, -0.2) is 4.79 Å². The normalized spacial score (nSPS) is 14.5. The topological polar surface area (TPSA) is 566 Å². The Hall–Kier alpha value is -8.51. The molecule has 0 fully saturated rings. The molecule has 540 valence electrons. The number of hydrogen-bond donors (Lipinski definition) is 20. The van der Waals surface area contributed by atoms with Crippen LogP contribution in [0.5, 0.6) is 5.75 Å². The van der Waals surface area contributed by atoms with Crippen molar-refractivity contribution in [3.05, 3.63) is 29.8 Å². The Kier molecular flexibility index (Phi) is 40.8. The minimum atomic E-state index is -1.75. The molecule has 0 aromatic heterocycles. The second-order valence-corrected chi connectivity index (χ2v) is 25.2. The summed E-state index contributed by atoms with van der Waals surface area (Å²) < 4.78 is 0. The number of nitrogens with zero attached hydrogens (tertiary/aromatic N) is 1. The number of carbonyl (C=O) groups is 14. The molecule has 0 saturated heterocycles. The first-order chi connectivity index (χ1) is 45.2. The molecule has 0 aliphatic rings. The molecule has 0 unspecified atom stereocenters. The summed E-state index contributed by atoms with van der Waals surface area (Å²) in [6, 6.07) is -7.67. The number of carboxylic acid groups (broad SMARTS) is 1. The van der Waals surface area contributed by atoms with Gasteiger partial charge in [0.15, 0.2) is 5.96 Å². The standard InChI is InChI=1S/C60H102N18O16S2/c1-9-33(6)49(78-48(83)29-67-51(85)37(62)19-22-96-8)58(92)70-34(7)50(84)73-39(13-10-11-20-61)54(88)76-42(26-45(63)80)57(91)75-41(24-32(4)5)56(90)74-38(14-12-21-66-60(64)65)52(86)68-28-47(82)72-44(30-95)53(87)69-27-46(81)71-40(23-31(2)3)55(89)77-43(59(93)94)25-35-15-17-36(79)18-16-35/h15-18,31-34,37-44,49,79,95H,9-14,19-30,61-62H2,1-8H3,(H2,63,80)(H,67,85)(H,68,86)(H,69,87)(H,70,92)(H,71,81)(H,72,82)(H,73,84)(H,74,90)(H,75,91)(H,76,88)(H,77,89)(H,78,83)(H,93,94)(H4,64,65,66)/t33-,34-,37-,38-,39-,40-,41-,42-,43-,44-,49-/m0/s1. The largest absolute Gasteiger partial charge is 0.508 e. The van der Waals surface area contributed by atoms with Crippen molar-refractivity contribution in [2.24, 2.45) is 51.4 Å². The highest BCUT2D eigenvalue weighted by atomic mass is 32.2. The molecule has 36 heteroatoms. The number of benzene rings is 1. The molecule has 24 N–H and O–H groups in total. The van der Waals surface area contributed by atoms with Gasteiger partial charge in [0.1, 0.15) is 60.1 Å². The van der Waals surface area contributed by atoms with Crippen molar-refractivity contribution in [3.8, 4) is 5.75 Å². The summed E-state index contributed by atoms with van der Waals surface area (Å²) in [5.41, 5.74) is 28.6. The molecule has 0 saturated carbocycles. The number of hydrogen-bond acceptors (Lipinski definition) is 20. The molecular weight excluding hydrogens is 1290 g/mol. The van der Waals surface area contributed by atoms with Gasteiger partial charge in [-0.05, 0) is 112 Å². The van der Waals surface area contributed by atoms with Crippen LogP contribution >= 0.6 is 24.4 Å². The average molecular weight is 1400 g/mol. The molecule has 0 aliphatic carbocycles. The Morgan fingerprint density at radius 3 is 1.51 bits per heavy atom. The molecule has 0 heterocycles. The van der Waals surface area contributed by atoms with Gasteiger partial charge in [0.05, 0.1) is 32.1 Å². The van der Waals surface area contributed by atoms with Crippen LogP contribution in [-0.4, -0.2) is 210 Å². The number of phenolic OH excluding ortho intramolecular Hbond substituents is 1. The van der Waals surface area contributed by atoms with Crippen LogP contribution in [0, 0.1) is 17.8 Å². The van der Waals surface area contributed by atoms with Crippen molar-refractivity contribution in [1.82, 2.24) is 63.8 Å². The predicted octanol–water partition coefficient (Wildman–Crippen LogP) is -5.04. The number of nitrogens with one attached hydrogen (secondary N) is 12. The van der Waals surface area contributed by atoms with Gasteiger partial charge in [0.2, 0.25) is 76.8 Å². The van der Waals surface area contributed by atoms with Crippen molar-refractivity contribution in [1.29, 1.82) is 0 Å². The van der Waals surface area contributed by atoms with E-state index in [2.05, 4.69) is 81.4 Å². The molecule has 1 aromatic carbocycles. The molecule has 0 aliphatic heterocycles. The van der Waals surface area contributed by atoms with Crippen molar-refractivity contribution in [2.75, 3.05) is 50.5 Å². The van der Waals surface area contributed by atoms with E-state index in [0.29, 0.717) is 30.6 Å². The van der Waals surface area contributed by atoms with Crippen molar-refractivity contribution >= 4 is 113 Å². The van der Waals surface area contributed by atoms with Gasteiger partial charge < -0.3 is 103 Å². The number of carboxylic acids is 1. The van der Waals surface area contributed by atoms with E-state index in [0.717, 1.165) is 0 Å². The number of nitrogens with two attached hydrogens (primary N) is 5. The molecule has 0 radical (unpaired) electrons.